The molecule has 0 aromatic heterocycles. The van der Waals surface area contributed by atoms with Gasteiger partial charge in [0.1, 0.15) is 0 Å². The van der Waals surface area contributed by atoms with E-state index in [9.17, 15) is 0 Å². The molecule has 0 amide bonds. The first-order chi connectivity index (χ1) is 12.4. The normalized spacial score (nSPS) is 12.3. The Labute approximate surface area is 176 Å². The molecule has 0 spiro atoms. The van der Waals surface area contributed by atoms with Crippen LogP contribution in [0.4, 0.5) is 0 Å². The first-order valence-corrected chi connectivity index (χ1v) is 9.07. The van der Waals surface area contributed by atoms with Gasteiger partial charge in [-0.1, -0.05) is 128 Å². The molecule has 136 valence electrons. The summed E-state index contributed by atoms with van der Waals surface area (Å²) in [5, 5.41) is 8.91. The summed E-state index contributed by atoms with van der Waals surface area (Å²) in [4.78, 5) is 0. The molecule has 1 aliphatic carbocycles. The molecule has 0 bridgehead atoms. The van der Waals surface area contributed by atoms with Gasteiger partial charge in [-0.15, -0.1) is 0 Å². The van der Waals surface area contributed by atoms with E-state index in [1.54, 1.807) is 0 Å². The van der Waals surface area contributed by atoms with Crippen LogP contribution in [0.25, 0.3) is 0 Å². The predicted molar refractivity (Wildman–Crippen MR) is 114 cm³/mol. The standard InChI is InChI=1S/C6H12O.3C6H6.Sn/c7-6-4-2-1-3-5-6;3*1-2-4-6-5-3-1;/h6-7H,1-5H2;3*1-6H;. The molecule has 2 heteroatoms. The van der Waals surface area contributed by atoms with Crippen molar-refractivity contribution < 1.29 is 5.11 Å². The summed E-state index contributed by atoms with van der Waals surface area (Å²) in [5.74, 6) is 0. The van der Waals surface area contributed by atoms with Crippen LogP contribution in [0.5, 0.6) is 0 Å². The van der Waals surface area contributed by atoms with E-state index in [4.69, 9.17) is 5.11 Å². The molecular weight excluding hydrogens is 423 g/mol. The number of rotatable bonds is 0. The largest absolute Gasteiger partial charge is 0.393 e. The zero-order valence-electron chi connectivity index (χ0n) is 15.5. The zero-order valence-corrected chi connectivity index (χ0v) is 18.3. The van der Waals surface area contributed by atoms with Crippen LogP contribution in [0.3, 0.4) is 0 Å². The minimum Gasteiger partial charge on any atom is -0.393 e. The Balaban J connectivity index is 0.000000317. The fourth-order valence-corrected chi connectivity index (χ4v) is 2.24. The van der Waals surface area contributed by atoms with Gasteiger partial charge in [-0.3, -0.25) is 0 Å². The maximum absolute atomic E-state index is 8.91. The van der Waals surface area contributed by atoms with Crippen LogP contribution in [0.15, 0.2) is 109 Å². The van der Waals surface area contributed by atoms with E-state index in [0.717, 1.165) is 12.8 Å². The van der Waals surface area contributed by atoms with Crippen molar-refractivity contribution in [2.45, 2.75) is 38.2 Å². The van der Waals surface area contributed by atoms with E-state index in [1.807, 2.05) is 109 Å². The van der Waals surface area contributed by atoms with Crippen molar-refractivity contribution in [1.82, 2.24) is 0 Å². The second-order valence-corrected chi connectivity index (χ2v) is 5.76. The fourth-order valence-electron chi connectivity index (χ4n) is 2.24. The molecule has 4 rings (SSSR count). The molecule has 0 saturated heterocycles. The van der Waals surface area contributed by atoms with E-state index in [-0.39, 0.29) is 30.0 Å². The topological polar surface area (TPSA) is 20.2 Å². The van der Waals surface area contributed by atoms with Gasteiger partial charge in [0.05, 0.1) is 6.10 Å². The van der Waals surface area contributed by atoms with Gasteiger partial charge in [-0.2, -0.15) is 0 Å². The van der Waals surface area contributed by atoms with Crippen molar-refractivity contribution in [1.29, 1.82) is 0 Å². The minimum absolute atomic E-state index is 0. The van der Waals surface area contributed by atoms with Crippen LogP contribution in [0.2, 0.25) is 0 Å². The second-order valence-electron chi connectivity index (χ2n) is 5.76. The van der Waals surface area contributed by atoms with Gasteiger partial charge in [0, 0.05) is 23.9 Å². The van der Waals surface area contributed by atoms with Crippen molar-refractivity contribution >= 4 is 23.9 Å². The van der Waals surface area contributed by atoms with Gasteiger partial charge < -0.3 is 5.11 Å². The van der Waals surface area contributed by atoms with E-state index in [1.165, 1.54) is 19.3 Å². The van der Waals surface area contributed by atoms with E-state index < -0.39 is 0 Å². The molecule has 0 aliphatic heterocycles. The number of hydrogen-bond donors (Lipinski definition) is 1. The van der Waals surface area contributed by atoms with Crippen LogP contribution in [0, 0.1) is 0 Å². The Bertz CT molecular complexity index is 411. The Morgan fingerprint density at radius 1 is 0.385 bits per heavy atom. The monoisotopic (exact) mass is 454 g/mol. The van der Waals surface area contributed by atoms with Gasteiger partial charge in [0.15, 0.2) is 0 Å². The number of hydrogen-bond acceptors (Lipinski definition) is 1. The molecule has 0 unspecified atom stereocenters. The summed E-state index contributed by atoms with van der Waals surface area (Å²) in [6.45, 7) is 0. The van der Waals surface area contributed by atoms with Crippen LogP contribution < -0.4 is 0 Å². The molecular formula is C24H30OSn. The van der Waals surface area contributed by atoms with Crippen LogP contribution in [-0.2, 0) is 0 Å². The smallest absolute Gasteiger partial charge is 0.0540 e. The number of aliphatic hydroxyl groups is 1. The first-order valence-electron chi connectivity index (χ1n) is 9.07. The second kappa shape index (κ2) is 19.7. The average molecular weight is 453 g/mol. The van der Waals surface area contributed by atoms with Crippen molar-refractivity contribution in [3.63, 3.8) is 0 Å². The Morgan fingerprint density at radius 2 is 0.577 bits per heavy atom. The summed E-state index contributed by atoms with van der Waals surface area (Å²) >= 11 is 0. The molecule has 1 N–H and O–H groups in total. The summed E-state index contributed by atoms with van der Waals surface area (Å²) in [6, 6.07) is 36.0. The van der Waals surface area contributed by atoms with E-state index in [0.29, 0.717) is 0 Å². The van der Waals surface area contributed by atoms with Crippen molar-refractivity contribution in [2.24, 2.45) is 0 Å². The summed E-state index contributed by atoms with van der Waals surface area (Å²) in [5.41, 5.74) is 0. The quantitative estimate of drug-likeness (QED) is 0.415. The van der Waals surface area contributed by atoms with Gasteiger partial charge in [0.2, 0.25) is 0 Å². The molecule has 26 heavy (non-hydrogen) atoms. The predicted octanol–water partition coefficient (Wildman–Crippen LogP) is 5.99. The van der Waals surface area contributed by atoms with Crippen LogP contribution in [0.1, 0.15) is 32.1 Å². The number of benzene rings is 3. The van der Waals surface area contributed by atoms with Crippen LogP contribution >= 0.6 is 0 Å². The third-order valence-corrected chi connectivity index (χ3v) is 3.57. The Kier molecular flexibility index (Phi) is 18.5. The maximum atomic E-state index is 8.91. The van der Waals surface area contributed by atoms with Crippen molar-refractivity contribution in [3.05, 3.63) is 109 Å². The molecule has 1 saturated carbocycles. The Hall–Kier alpha value is -1.58. The van der Waals surface area contributed by atoms with E-state index in [2.05, 4.69) is 0 Å². The molecule has 1 fully saturated rings. The van der Waals surface area contributed by atoms with Gasteiger partial charge in [0.25, 0.3) is 0 Å². The minimum atomic E-state index is 0. The zero-order chi connectivity index (χ0) is 17.8. The molecule has 3 aromatic carbocycles. The SMILES string of the molecule is OC1CCCCC1.[Sn].c1ccccc1.c1ccccc1.c1ccccc1. The molecule has 0 heterocycles. The number of aliphatic hydroxyl groups excluding tert-OH is 1. The van der Waals surface area contributed by atoms with Crippen molar-refractivity contribution in [3.8, 4) is 0 Å². The summed E-state index contributed by atoms with van der Waals surface area (Å²) in [6.07, 6.45) is 5.92. The molecule has 1 nitrogen and oxygen atoms in total. The van der Waals surface area contributed by atoms with Crippen LogP contribution in [-0.4, -0.2) is 35.1 Å². The summed E-state index contributed by atoms with van der Waals surface area (Å²) in [7, 11) is 0. The van der Waals surface area contributed by atoms with Gasteiger partial charge in [-0.25, -0.2) is 0 Å². The molecule has 4 radical (unpaired) electrons. The Morgan fingerprint density at radius 3 is 0.692 bits per heavy atom. The third-order valence-electron chi connectivity index (χ3n) is 3.57. The van der Waals surface area contributed by atoms with E-state index >= 15 is 0 Å². The molecule has 3 aromatic rings. The fraction of sp³-hybridized carbons (Fsp3) is 0.250. The molecule has 0 atom stereocenters. The average Bonchev–Trinajstić information content (AvgIpc) is 2.74. The summed E-state index contributed by atoms with van der Waals surface area (Å²) < 4.78 is 0. The van der Waals surface area contributed by atoms with Gasteiger partial charge >= 0.3 is 0 Å². The van der Waals surface area contributed by atoms with Crippen molar-refractivity contribution in [2.75, 3.05) is 0 Å². The van der Waals surface area contributed by atoms with Gasteiger partial charge in [-0.05, 0) is 12.8 Å². The maximum Gasteiger partial charge on any atom is 0.0540 e. The third kappa shape index (κ3) is 17.2. The molecule has 1 aliphatic rings. The first kappa shape index (κ1) is 24.4.